The van der Waals surface area contributed by atoms with Crippen molar-refractivity contribution in [2.24, 2.45) is 0 Å². The normalized spacial score (nSPS) is 10.9. The number of halogens is 1. The van der Waals surface area contributed by atoms with Crippen LogP contribution in [0.4, 0.5) is 10.2 Å². The van der Waals surface area contributed by atoms with Gasteiger partial charge in [0.05, 0.1) is 5.39 Å². The van der Waals surface area contributed by atoms with Crippen molar-refractivity contribution >= 4 is 27.4 Å². The smallest absolute Gasteiger partial charge is 0.139 e. The molecule has 0 atom stereocenters. The maximum Gasteiger partial charge on any atom is 0.139 e. The van der Waals surface area contributed by atoms with Gasteiger partial charge in [0.15, 0.2) is 0 Å². The number of aromatic nitrogens is 3. The second-order valence-electron chi connectivity index (χ2n) is 5.27. The summed E-state index contributed by atoms with van der Waals surface area (Å²) in [6, 6.07) is 10.4. The molecule has 0 spiro atoms. The largest absolute Gasteiger partial charge is 0.365 e. The Labute approximate surface area is 142 Å². The predicted molar refractivity (Wildman–Crippen MR) is 94.4 cm³/mol. The van der Waals surface area contributed by atoms with Crippen molar-refractivity contribution in [3.05, 3.63) is 71.9 Å². The van der Waals surface area contributed by atoms with Gasteiger partial charge in [-0.05, 0) is 29.3 Å². The van der Waals surface area contributed by atoms with Crippen LogP contribution in [-0.4, -0.2) is 15.0 Å². The first-order valence-corrected chi connectivity index (χ1v) is 8.30. The van der Waals surface area contributed by atoms with Crippen LogP contribution in [0.2, 0.25) is 0 Å². The highest BCUT2D eigenvalue weighted by molar-refractivity contribution is 7.17. The number of thiophene rings is 1. The molecule has 3 aromatic heterocycles. The van der Waals surface area contributed by atoms with Gasteiger partial charge >= 0.3 is 0 Å². The zero-order valence-corrected chi connectivity index (χ0v) is 13.4. The molecular formula is C18H13FN4S. The zero-order chi connectivity index (χ0) is 16.4. The molecule has 4 nitrogen and oxygen atoms in total. The van der Waals surface area contributed by atoms with Gasteiger partial charge in [0.25, 0.3) is 0 Å². The van der Waals surface area contributed by atoms with Gasteiger partial charge in [0.2, 0.25) is 0 Å². The monoisotopic (exact) mass is 336 g/mol. The molecule has 0 bridgehead atoms. The van der Waals surface area contributed by atoms with Crippen molar-refractivity contribution in [3.63, 3.8) is 0 Å². The van der Waals surface area contributed by atoms with Crippen LogP contribution >= 0.6 is 11.3 Å². The molecule has 0 aliphatic carbocycles. The first-order chi connectivity index (χ1) is 11.8. The Morgan fingerprint density at radius 3 is 2.75 bits per heavy atom. The van der Waals surface area contributed by atoms with E-state index in [-0.39, 0.29) is 5.82 Å². The molecule has 118 valence electrons. The third kappa shape index (κ3) is 2.83. The van der Waals surface area contributed by atoms with Gasteiger partial charge in [-0.15, -0.1) is 11.3 Å². The first-order valence-electron chi connectivity index (χ1n) is 7.42. The van der Waals surface area contributed by atoms with Crippen LogP contribution in [-0.2, 0) is 6.54 Å². The van der Waals surface area contributed by atoms with Crippen LogP contribution in [0.15, 0.2) is 60.5 Å². The van der Waals surface area contributed by atoms with E-state index in [1.807, 2.05) is 23.7 Å². The quantitative estimate of drug-likeness (QED) is 0.596. The second kappa shape index (κ2) is 6.33. The zero-order valence-electron chi connectivity index (χ0n) is 12.6. The lowest BCUT2D eigenvalue weighted by Crippen LogP contribution is -2.02. The fourth-order valence-corrected chi connectivity index (χ4v) is 3.46. The van der Waals surface area contributed by atoms with E-state index >= 15 is 0 Å². The predicted octanol–water partition coefficient (Wildman–Crippen LogP) is 4.50. The maximum atomic E-state index is 13.2. The summed E-state index contributed by atoms with van der Waals surface area (Å²) in [5.41, 5.74) is 3.02. The highest BCUT2D eigenvalue weighted by Gasteiger charge is 2.13. The minimum atomic E-state index is -0.246. The summed E-state index contributed by atoms with van der Waals surface area (Å²) in [5, 5.41) is 6.34. The van der Waals surface area contributed by atoms with Crippen LogP contribution in [0.25, 0.3) is 21.3 Å². The van der Waals surface area contributed by atoms with E-state index in [2.05, 4.69) is 20.3 Å². The molecule has 0 radical (unpaired) electrons. The topological polar surface area (TPSA) is 50.7 Å². The van der Waals surface area contributed by atoms with Crippen LogP contribution in [0.5, 0.6) is 0 Å². The maximum absolute atomic E-state index is 13.2. The number of hydrogen-bond donors (Lipinski definition) is 1. The molecule has 0 amide bonds. The molecular weight excluding hydrogens is 323 g/mol. The molecule has 1 aromatic carbocycles. The summed E-state index contributed by atoms with van der Waals surface area (Å²) in [5.74, 6) is 0.522. The van der Waals surface area contributed by atoms with Crippen molar-refractivity contribution in [2.45, 2.75) is 6.54 Å². The van der Waals surface area contributed by atoms with E-state index in [9.17, 15) is 4.39 Å². The summed E-state index contributed by atoms with van der Waals surface area (Å²) in [7, 11) is 0. The average Bonchev–Trinajstić information content (AvgIpc) is 3.06. The number of fused-ring (bicyclic) bond motifs is 1. The lowest BCUT2D eigenvalue weighted by Gasteiger charge is -2.08. The molecule has 0 unspecified atom stereocenters. The molecule has 0 saturated heterocycles. The molecule has 1 N–H and O–H groups in total. The fourth-order valence-electron chi connectivity index (χ4n) is 2.54. The van der Waals surface area contributed by atoms with Crippen molar-refractivity contribution in [3.8, 4) is 11.1 Å². The number of nitrogens with zero attached hydrogens (tertiary/aromatic N) is 3. The van der Waals surface area contributed by atoms with E-state index in [0.29, 0.717) is 6.54 Å². The van der Waals surface area contributed by atoms with Gasteiger partial charge in [-0.3, -0.25) is 4.98 Å². The van der Waals surface area contributed by atoms with Crippen molar-refractivity contribution < 1.29 is 4.39 Å². The standard InChI is InChI=1S/C18H13FN4S/c19-14-5-3-13(4-6-14)15-10-24-18-16(15)17(22-11-23-18)21-9-12-2-1-7-20-8-12/h1-8,10-11H,9H2,(H,21,22,23). The number of hydrogen-bond acceptors (Lipinski definition) is 5. The summed E-state index contributed by atoms with van der Waals surface area (Å²) in [6.45, 7) is 0.624. The minimum absolute atomic E-state index is 0.246. The second-order valence-corrected chi connectivity index (χ2v) is 6.13. The lowest BCUT2D eigenvalue weighted by atomic mass is 10.1. The van der Waals surface area contributed by atoms with E-state index in [1.54, 1.807) is 36.0 Å². The van der Waals surface area contributed by atoms with Gasteiger partial charge in [-0.1, -0.05) is 18.2 Å². The van der Waals surface area contributed by atoms with E-state index in [0.717, 1.165) is 32.7 Å². The van der Waals surface area contributed by atoms with Crippen LogP contribution in [0, 0.1) is 5.82 Å². The summed E-state index contributed by atoms with van der Waals surface area (Å²) < 4.78 is 13.2. The molecule has 24 heavy (non-hydrogen) atoms. The Bertz CT molecular complexity index is 967. The molecule has 0 aliphatic heterocycles. The third-order valence-electron chi connectivity index (χ3n) is 3.71. The minimum Gasteiger partial charge on any atom is -0.365 e. The highest BCUT2D eigenvalue weighted by Crippen LogP contribution is 2.36. The Kier molecular flexibility index (Phi) is 3.88. The van der Waals surface area contributed by atoms with E-state index in [4.69, 9.17) is 0 Å². The number of anilines is 1. The molecule has 6 heteroatoms. The molecule has 4 aromatic rings. The first kappa shape index (κ1) is 14.7. The Hall–Kier alpha value is -2.86. The third-order valence-corrected chi connectivity index (χ3v) is 4.59. The van der Waals surface area contributed by atoms with Crippen LogP contribution < -0.4 is 5.32 Å². The molecule has 0 fully saturated rings. The van der Waals surface area contributed by atoms with Gasteiger partial charge in [0, 0.05) is 29.9 Å². The average molecular weight is 336 g/mol. The Morgan fingerprint density at radius 1 is 1.08 bits per heavy atom. The summed E-state index contributed by atoms with van der Waals surface area (Å²) in [6.07, 6.45) is 5.12. The van der Waals surface area contributed by atoms with Crippen molar-refractivity contribution in [2.75, 3.05) is 5.32 Å². The van der Waals surface area contributed by atoms with Crippen LogP contribution in [0.3, 0.4) is 0 Å². The summed E-state index contributed by atoms with van der Waals surface area (Å²) in [4.78, 5) is 13.7. The van der Waals surface area contributed by atoms with Crippen molar-refractivity contribution in [1.82, 2.24) is 15.0 Å². The molecule has 0 saturated carbocycles. The SMILES string of the molecule is Fc1ccc(-c2csc3ncnc(NCc4cccnc4)c23)cc1. The molecule has 0 aliphatic rings. The van der Waals surface area contributed by atoms with Gasteiger partial charge < -0.3 is 5.32 Å². The van der Waals surface area contributed by atoms with Gasteiger partial charge in [-0.2, -0.15) is 0 Å². The van der Waals surface area contributed by atoms with Crippen LogP contribution in [0.1, 0.15) is 5.56 Å². The fraction of sp³-hybridized carbons (Fsp3) is 0.0556. The number of nitrogens with one attached hydrogen (secondary N) is 1. The van der Waals surface area contributed by atoms with E-state index < -0.39 is 0 Å². The Balaban J connectivity index is 1.73. The molecule has 3 heterocycles. The summed E-state index contributed by atoms with van der Waals surface area (Å²) >= 11 is 1.55. The lowest BCUT2D eigenvalue weighted by molar-refractivity contribution is 0.628. The molecule has 4 rings (SSSR count). The van der Waals surface area contributed by atoms with Crippen molar-refractivity contribution in [1.29, 1.82) is 0 Å². The number of rotatable bonds is 4. The number of pyridine rings is 1. The van der Waals surface area contributed by atoms with E-state index in [1.165, 1.54) is 12.1 Å². The van der Waals surface area contributed by atoms with Gasteiger partial charge in [0.1, 0.15) is 22.8 Å². The highest BCUT2D eigenvalue weighted by atomic mass is 32.1. The Morgan fingerprint density at radius 2 is 1.96 bits per heavy atom. The van der Waals surface area contributed by atoms with Gasteiger partial charge in [-0.25, -0.2) is 14.4 Å². The number of benzene rings is 1.